The number of carboxylic acids is 1. The number of aromatic amines is 1. The van der Waals surface area contributed by atoms with Gasteiger partial charge < -0.3 is 14.7 Å². The molecule has 1 aliphatic carbocycles. The van der Waals surface area contributed by atoms with Gasteiger partial charge in [-0.1, -0.05) is 0 Å². The van der Waals surface area contributed by atoms with E-state index in [1.165, 1.54) is 11.1 Å². The molecule has 2 aromatic rings. The Balaban J connectivity index is 0.000000325. The van der Waals surface area contributed by atoms with Gasteiger partial charge in [0, 0.05) is 36.3 Å². The summed E-state index contributed by atoms with van der Waals surface area (Å²) in [5.74, 6) is -2.20. The number of rotatable bonds is 2. The Kier molecular flexibility index (Phi) is 6.31. The number of H-pyrrole nitrogens is 1. The highest BCUT2D eigenvalue weighted by atomic mass is 19.4. The number of aliphatic carboxylic acids is 1. The third-order valence-corrected chi connectivity index (χ3v) is 5.98. The van der Waals surface area contributed by atoms with E-state index in [-0.39, 0.29) is 5.91 Å². The molecule has 2 aliphatic heterocycles. The number of benzene rings is 1. The SMILES string of the molecule is O=C(O)C(F)(F)F.O=C([C@@H]1C[C@H]1F)N1CCc2[nH]nc(-c3ccc4c(c3)CCCO4)c2CC1. The van der Waals surface area contributed by atoms with Crippen molar-refractivity contribution in [1.82, 2.24) is 15.1 Å². The molecule has 0 spiro atoms. The van der Waals surface area contributed by atoms with Gasteiger partial charge in [-0.15, -0.1) is 0 Å². The van der Waals surface area contributed by atoms with Gasteiger partial charge in [0.2, 0.25) is 5.91 Å². The minimum atomic E-state index is -5.08. The number of carbonyl (C=O) groups excluding carboxylic acids is 1. The number of fused-ring (bicyclic) bond motifs is 2. The molecule has 3 heterocycles. The average molecular weight is 469 g/mol. The number of amides is 1. The highest BCUT2D eigenvalue weighted by Gasteiger charge is 2.45. The third-order valence-electron chi connectivity index (χ3n) is 5.98. The van der Waals surface area contributed by atoms with E-state index in [9.17, 15) is 22.4 Å². The molecular weight excluding hydrogens is 446 g/mol. The predicted octanol–water partition coefficient (Wildman–Crippen LogP) is 3.32. The zero-order valence-electron chi connectivity index (χ0n) is 17.6. The first-order chi connectivity index (χ1) is 15.6. The summed E-state index contributed by atoms with van der Waals surface area (Å²) in [5.41, 5.74) is 5.58. The van der Waals surface area contributed by atoms with Gasteiger partial charge >= 0.3 is 12.1 Å². The summed E-state index contributed by atoms with van der Waals surface area (Å²) in [5, 5.41) is 14.8. The van der Waals surface area contributed by atoms with E-state index in [4.69, 9.17) is 14.6 Å². The Morgan fingerprint density at radius 2 is 1.88 bits per heavy atom. The fourth-order valence-corrected chi connectivity index (χ4v) is 4.10. The lowest BCUT2D eigenvalue weighted by Gasteiger charge is -2.20. The van der Waals surface area contributed by atoms with Crippen molar-refractivity contribution >= 4 is 11.9 Å². The van der Waals surface area contributed by atoms with Crippen molar-refractivity contribution in [3.63, 3.8) is 0 Å². The molecule has 2 N–H and O–H groups in total. The Bertz CT molecular complexity index is 1050. The quantitative estimate of drug-likeness (QED) is 0.658. The first kappa shape index (κ1) is 23.1. The van der Waals surface area contributed by atoms with Crippen LogP contribution in [0.25, 0.3) is 11.3 Å². The molecule has 3 aliphatic rings. The number of carbonyl (C=O) groups is 2. The van der Waals surface area contributed by atoms with Gasteiger partial charge in [0.15, 0.2) is 0 Å². The molecule has 1 fully saturated rings. The molecule has 1 saturated carbocycles. The van der Waals surface area contributed by atoms with Gasteiger partial charge in [-0.25, -0.2) is 9.18 Å². The molecule has 1 aromatic heterocycles. The second kappa shape index (κ2) is 9.03. The van der Waals surface area contributed by atoms with Crippen LogP contribution in [0.1, 0.15) is 29.7 Å². The van der Waals surface area contributed by atoms with Gasteiger partial charge in [0.1, 0.15) is 11.9 Å². The van der Waals surface area contributed by atoms with Crippen LogP contribution in [-0.4, -0.2) is 64.1 Å². The maximum absolute atomic E-state index is 13.2. The van der Waals surface area contributed by atoms with Crippen molar-refractivity contribution < 1.29 is 37.0 Å². The van der Waals surface area contributed by atoms with E-state index in [1.54, 1.807) is 0 Å². The number of ether oxygens (including phenoxy) is 1. The summed E-state index contributed by atoms with van der Waals surface area (Å²) in [7, 11) is 0. The zero-order valence-corrected chi connectivity index (χ0v) is 17.6. The number of hydrogen-bond acceptors (Lipinski definition) is 4. The van der Waals surface area contributed by atoms with Crippen molar-refractivity contribution in [1.29, 1.82) is 0 Å². The minimum absolute atomic E-state index is 0.0249. The number of nitrogens with zero attached hydrogens (tertiary/aromatic N) is 2. The molecular formula is C22H23F4N3O4. The van der Waals surface area contributed by atoms with E-state index in [1.807, 2.05) is 11.0 Å². The Morgan fingerprint density at radius 1 is 1.18 bits per heavy atom. The van der Waals surface area contributed by atoms with Crippen LogP contribution >= 0.6 is 0 Å². The Morgan fingerprint density at radius 3 is 2.55 bits per heavy atom. The van der Waals surface area contributed by atoms with E-state index in [2.05, 4.69) is 22.3 Å². The summed E-state index contributed by atoms with van der Waals surface area (Å²) in [6, 6.07) is 6.27. The molecule has 2 atom stereocenters. The van der Waals surface area contributed by atoms with E-state index < -0.39 is 24.2 Å². The van der Waals surface area contributed by atoms with Crippen LogP contribution in [0, 0.1) is 5.92 Å². The Hall–Kier alpha value is -3.11. The maximum atomic E-state index is 13.2. The monoisotopic (exact) mass is 469 g/mol. The number of alkyl halides is 4. The molecule has 1 amide bonds. The zero-order chi connectivity index (χ0) is 23.8. The molecule has 11 heteroatoms. The summed E-state index contributed by atoms with van der Waals surface area (Å²) in [4.78, 5) is 23.1. The van der Waals surface area contributed by atoms with Crippen molar-refractivity contribution in [2.24, 2.45) is 5.92 Å². The largest absolute Gasteiger partial charge is 0.493 e. The van der Waals surface area contributed by atoms with Gasteiger partial charge in [0.05, 0.1) is 18.2 Å². The van der Waals surface area contributed by atoms with Crippen molar-refractivity contribution in [3.05, 3.63) is 35.0 Å². The molecule has 33 heavy (non-hydrogen) atoms. The van der Waals surface area contributed by atoms with Crippen molar-refractivity contribution in [3.8, 4) is 17.0 Å². The predicted molar refractivity (Wildman–Crippen MR) is 109 cm³/mol. The van der Waals surface area contributed by atoms with Gasteiger partial charge in [0.25, 0.3) is 0 Å². The van der Waals surface area contributed by atoms with Crippen LogP contribution < -0.4 is 4.74 Å². The molecule has 5 rings (SSSR count). The number of carboxylic acid groups (broad SMARTS) is 1. The molecule has 0 unspecified atom stereocenters. The number of hydrogen-bond donors (Lipinski definition) is 2. The first-order valence-corrected chi connectivity index (χ1v) is 10.7. The fourth-order valence-electron chi connectivity index (χ4n) is 4.10. The molecule has 0 radical (unpaired) electrons. The van der Waals surface area contributed by atoms with Crippen LogP contribution in [0.3, 0.4) is 0 Å². The van der Waals surface area contributed by atoms with Crippen LogP contribution in [-0.2, 0) is 28.9 Å². The standard InChI is InChI=1S/C20H22FN3O2.C2HF3O2/c21-16-11-15(16)20(25)24-7-5-14-17(6-8-24)22-23-19(14)13-3-4-18-12(10-13)2-1-9-26-18;3-2(4,5)1(6)7/h3-4,10,15-16H,1-2,5-9,11H2,(H,22,23);(H,6,7)/t15-,16-;/m1./s1. The van der Waals surface area contributed by atoms with Gasteiger partial charge in [-0.3, -0.25) is 9.89 Å². The van der Waals surface area contributed by atoms with Gasteiger partial charge in [-0.2, -0.15) is 18.3 Å². The normalized spacial score (nSPS) is 21.5. The highest BCUT2D eigenvalue weighted by Crippen LogP contribution is 2.37. The number of halogens is 4. The minimum Gasteiger partial charge on any atom is -0.493 e. The van der Waals surface area contributed by atoms with E-state index in [0.717, 1.165) is 55.0 Å². The van der Waals surface area contributed by atoms with Crippen molar-refractivity contribution in [2.45, 2.75) is 44.5 Å². The average Bonchev–Trinajstić information content (AvgIpc) is 3.44. The molecule has 1 aromatic carbocycles. The van der Waals surface area contributed by atoms with Crippen molar-refractivity contribution in [2.75, 3.05) is 19.7 Å². The fraction of sp³-hybridized carbons (Fsp3) is 0.500. The summed E-state index contributed by atoms with van der Waals surface area (Å²) in [6.07, 6.45) is -2.05. The highest BCUT2D eigenvalue weighted by molar-refractivity contribution is 5.82. The third kappa shape index (κ3) is 5.12. The second-order valence-corrected chi connectivity index (χ2v) is 8.29. The van der Waals surface area contributed by atoms with Gasteiger partial charge in [-0.05, 0) is 49.4 Å². The molecule has 7 nitrogen and oxygen atoms in total. The lowest BCUT2D eigenvalue weighted by Crippen LogP contribution is -2.35. The van der Waals surface area contributed by atoms with Crippen LogP contribution in [0.4, 0.5) is 17.6 Å². The Labute approximate surface area is 186 Å². The summed E-state index contributed by atoms with van der Waals surface area (Å²) >= 11 is 0. The lowest BCUT2D eigenvalue weighted by molar-refractivity contribution is -0.192. The second-order valence-electron chi connectivity index (χ2n) is 8.29. The lowest BCUT2D eigenvalue weighted by atomic mass is 9.98. The molecule has 0 saturated heterocycles. The number of aryl methyl sites for hydroxylation is 1. The first-order valence-electron chi connectivity index (χ1n) is 10.7. The maximum Gasteiger partial charge on any atom is 0.490 e. The summed E-state index contributed by atoms with van der Waals surface area (Å²) < 4.78 is 50.7. The number of nitrogens with one attached hydrogen (secondary N) is 1. The van der Waals surface area contributed by atoms with E-state index >= 15 is 0 Å². The van der Waals surface area contributed by atoms with Crippen LogP contribution in [0.2, 0.25) is 0 Å². The molecule has 0 bridgehead atoms. The van der Waals surface area contributed by atoms with E-state index in [0.29, 0.717) is 19.5 Å². The molecule has 178 valence electrons. The topological polar surface area (TPSA) is 95.5 Å². The summed E-state index contributed by atoms with van der Waals surface area (Å²) in [6.45, 7) is 2.05. The van der Waals surface area contributed by atoms with Crippen LogP contribution in [0.5, 0.6) is 5.75 Å². The van der Waals surface area contributed by atoms with Crippen LogP contribution in [0.15, 0.2) is 18.2 Å². The smallest absolute Gasteiger partial charge is 0.490 e. The number of aromatic nitrogens is 2.